The highest BCUT2D eigenvalue weighted by Crippen LogP contribution is 2.16. The number of aryl methyl sites for hydroxylation is 1. The van der Waals surface area contributed by atoms with Crippen LogP contribution in [-0.2, 0) is 4.79 Å². The molecule has 0 bridgehead atoms. The molecule has 1 aromatic heterocycles. The quantitative estimate of drug-likeness (QED) is 0.519. The van der Waals surface area contributed by atoms with Crippen LogP contribution in [0.3, 0.4) is 0 Å². The molecule has 0 atom stereocenters. The molecule has 0 saturated carbocycles. The molecule has 2 aromatic rings. The van der Waals surface area contributed by atoms with Crippen LogP contribution in [0.15, 0.2) is 34.9 Å². The molecule has 0 spiro atoms. The molecule has 0 unspecified atom stereocenters. The highest BCUT2D eigenvalue weighted by molar-refractivity contribution is 5.99. The average Bonchev–Trinajstić information content (AvgIpc) is 3.15. The van der Waals surface area contributed by atoms with Gasteiger partial charge in [0.25, 0.3) is 11.6 Å². The number of hydrogen-bond donors (Lipinski definition) is 1. The third kappa shape index (κ3) is 5.86. The summed E-state index contributed by atoms with van der Waals surface area (Å²) in [5, 5.41) is 17.4. The Bertz CT molecular complexity index is 906. The fourth-order valence-electron chi connectivity index (χ4n) is 3.41. The largest absolute Gasteiger partial charge is 0.360 e. The highest BCUT2D eigenvalue weighted by atomic mass is 16.6. The maximum atomic E-state index is 13.1. The molecule has 1 fully saturated rings. The topological polar surface area (TPSA) is 122 Å². The third-order valence-corrected chi connectivity index (χ3v) is 4.96. The second-order valence-corrected chi connectivity index (χ2v) is 7.31. The highest BCUT2D eigenvalue weighted by Gasteiger charge is 2.22. The number of likely N-dealkylation sites (tertiary alicyclic amines) is 1. The van der Waals surface area contributed by atoms with Gasteiger partial charge in [0, 0.05) is 36.9 Å². The summed E-state index contributed by atoms with van der Waals surface area (Å²) < 4.78 is 4.93. The zero-order chi connectivity index (χ0) is 21.5. The van der Waals surface area contributed by atoms with E-state index in [2.05, 4.69) is 15.4 Å². The Hall–Kier alpha value is -3.27. The number of amides is 2. The number of piperidine rings is 1. The van der Waals surface area contributed by atoms with Crippen LogP contribution in [-0.4, -0.2) is 64.4 Å². The van der Waals surface area contributed by atoms with Gasteiger partial charge in [0.1, 0.15) is 12.3 Å². The second kappa shape index (κ2) is 9.97. The van der Waals surface area contributed by atoms with Gasteiger partial charge in [-0.3, -0.25) is 19.7 Å². The smallest absolute Gasteiger partial charge is 0.270 e. The number of non-ortho nitro benzene ring substituents is 1. The van der Waals surface area contributed by atoms with Crippen molar-refractivity contribution in [2.75, 3.05) is 38.0 Å². The minimum atomic E-state index is -0.547. The summed E-state index contributed by atoms with van der Waals surface area (Å²) >= 11 is 0. The van der Waals surface area contributed by atoms with Gasteiger partial charge < -0.3 is 19.6 Å². The Labute approximate surface area is 174 Å². The SMILES string of the molecule is Cc1cc(NC(=O)CN(CCN2CCCCC2)C(=O)c2cccc([N+](=O)[O-])c2)no1. The van der Waals surface area contributed by atoms with Crippen LogP contribution in [0, 0.1) is 17.0 Å². The lowest BCUT2D eigenvalue weighted by molar-refractivity contribution is -0.384. The Kier molecular flexibility index (Phi) is 7.12. The molecule has 2 heterocycles. The Morgan fingerprint density at radius 2 is 2.03 bits per heavy atom. The molecule has 1 aliphatic rings. The van der Waals surface area contributed by atoms with Gasteiger partial charge in [0.15, 0.2) is 5.82 Å². The van der Waals surface area contributed by atoms with Crippen LogP contribution >= 0.6 is 0 Å². The van der Waals surface area contributed by atoms with Crippen molar-refractivity contribution >= 4 is 23.3 Å². The molecular formula is C20H25N5O5. The zero-order valence-electron chi connectivity index (χ0n) is 16.9. The first kappa shape index (κ1) is 21.4. The Balaban J connectivity index is 1.71. The number of nitrogens with one attached hydrogen (secondary N) is 1. The lowest BCUT2D eigenvalue weighted by atomic mass is 10.1. The van der Waals surface area contributed by atoms with Crippen molar-refractivity contribution in [2.45, 2.75) is 26.2 Å². The normalized spacial score (nSPS) is 14.3. The molecule has 0 aliphatic carbocycles. The summed E-state index contributed by atoms with van der Waals surface area (Å²) in [4.78, 5) is 39.7. The number of carbonyl (C=O) groups excluding carboxylic acids is 2. The first-order chi connectivity index (χ1) is 14.4. The van der Waals surface area contributed by atoms with Crippen LogP contribution in [0.25, 0.3) is 0 Å². The number of nitro groups is 1. The first-order valence-electron chi connectivity index (χ1n) is 9.91. The molecule has 1 saturated heterocycles. The summed E-state index contributed by atoms with van der Waals surface area (Å²) in [6, 6.07) is 7.12. The lowest BCUT2D eigenvalue weighted by Crippen LogP contribution is -2.43. The Morgan fingerprint density at radius 1 is 1.27 bits per heavy atom. The van der Waals surface area contributed by atoms with Crippen molar-refractivity contribution < 1.29 is 19.0 Å². The van der Waals surface area contributed by atoms with Crippen molar-refractivity contribution in [3.05, 3.63) is 51.8 Å². The maximum absolute atomic E-state index is 13.1. The molecule has 10 heteroatoms. The first-order valence-corrected chi connectivity index (χ1v) is 9.91. The molecule has 1 aliphatic heterocycles. The molecule has 30 heavy (non-hydrogen) atoms. The minimum Gasteiger partial charge on any atom is -0.360 e. The maximum Gasteiger partial charge on any atom is 0.270 e. The van der Waals surface area contributed by atoms with Gasteiger partial charge >= 0.3 is 0 Å². The number of carbonyl (C=O) groups is 2. The van der Waals surface area contributed by atoms with Crippen LogP contribution in [0.1, 0.15) is 35.4 Å². The van der Waals surface area contributed by atoms with Gasteiger partial charge in [0.05, 0.1) is 4.92 Å². The van der Waals surface area contributed by atoms with Gasteiger partial charge in [-0.2, -0.15) is 0 Å². The predicted molar refractivity (Wildman–Crippen MR) is 109 cm³/mol. The van der Waals surface area contributed by atoms with Crippen LogP contribution in [0.4, 0.5) is 11.5 Å². The second-order valence-electron chi connectivity index (χ2n) is 7.31. The van der Waals surface area contributed by atoms with E-state index >= 15 is 0 Å². The van der Waals surface area contributed by atoms with Crippen molar-refractivity contribution in [1.82, 2.24) is 15.0 Å². The third-order valence-electron chi connectivity index (χ3n) is 4.96. The number of hydrogen-bond acceptors (Lipinski definition) is 7. The van der Waals surface area contributed by atoms with E-state index in [0.29, 0.717) is 18.8 Å². The van der Waals surface area contributed by atoms with Crippen LogP contribution in [0.5, 0.6) is 0 Å². The van der Waals surface area contributed by atoms with Crippen molar-refractivity contribution in [1.29, 1.82) is 0 Å². The van der Waals surface area contributed by atoms with Gasteiger partial charge in [-0.15, -0.1) is 0 Å². The minimum absolute atomic E-state index is 0.167. The van der Waals surface area contributed by atoms with E-state index in [1.165, 1.54) is 35.6 Å². The number of nitro benzene ring substituents is 1. The molecule has 1 N–H and O–H groups in total. The van der Waals surface area contributed by atoms with E-state index < -0.39 is 16.7 Å². The van der Waals surface area contributed by atoms with Crippen LogP contribution < -0.4 is 5.32 Å². The summed E-state index contributed by atoms with van der Waals surface area (Å²) in [6.45, 7) is 4.41. The lowest BCUT2D eigenvalue weighted by Gasteiger charge is -2.29. The average molecular weight is 415 g/mol. The van der Waals surface area contributed by atoms with Crippen molar-refractivity contribution in [3.8, 4) is 0 Å². The summed E-state index contributed by atoms with van der Waals surface area (Å²) in [7, 11) is 0. The summed E-state index contributed by atoms with van der Waals surface area (Å²) in [5.41, 5.74) is 0.00674. The van der Waals surface area contributed by atoms with E-state index in [1.807, 2.05) is 0 Å². The molecule has 160 valence electrons. The molecule has 1 aromatic carbocycles. The van der Waals surface area contributed by atoms with Crippen LogP contribution in [0.2, 0.25) is 0 Å². The standard InChI is InChI=1S/C20H25N5O5/c1-15-12-18(22-30-15)21-19(26)14-24(11-10-23-8-3-2-4-9-23)20(27)16-6-5-7-17(13-16)25(28)29/h5-7,12-13H,2-4,8-11,14H2,1H3,(H,21,22,26). The molecular weight excluding hydrogens is 390 g/mol. The van der Waals surface area contributed by atoms with E-state index in [4.69, 9.17) is 4.52 Å². The summed E-state index contributed by atoms with van der Waals surface area (Å²) in [5.74, 6) is -0.0147. The number of aromatic nitrogens is 1. The van der Waals surface area contributed by atoms with Crippen molar-refractivity contribution in [3.63, 3.8) is 0 Å². The van der Waals surface area contributed by atoms with Gasteiger partial charge in [0.2, 0.25) is 5.91 Å². The molecule has 0 radical (unpaired) electrons. The van der Waals surface area contributed by atoms with E-state index in [1.54, 1.807) is 13.0 Å². The molecule has 3 rings (SSSR count). The van der Waals surface area contributed by atoms with E-state index in [9.17, 15) is 19.7 Å². The predicted octanol–water partition coefficient (Wildman–Crippen LogP) is 2.46. The van der Waals surface area contributed by atoms with Gasteiger partial charge in [-0.05, 0) is 38.9 Å². The molecule has 2 amide bonds. The van der Waals surface area contributed by atoms with E-state index in [-0.39, 0.29) is 23.6 Å². The Morgan fingerprint density at radius 3 is 2.70 bits per heavy atom. The van der Waals surface area contributed by atoms with Gasteiger partial charge in [-0.1, -0.05) is 17.6 Å². The van der Waals surface area contributed by atoms with Crippen molar-refractivity contribution in [2.24, 2.45) is 0 Å². The zero-order valence-corrected chi connectivity index (χ0v) is 16.9. The fraction of sp³-hybridized carbons (Fsp3) is 0.450. The number of anilines is 1. The fourth-order valence-corrected chi connectivity index (χ4v) is 3.41. The number of rotatable bonds is 8. The summed E-state index contributed by atoms with van der Waals surface area (Å²) in [6.07, 6.45) is 3.43. The van der Waals surface area contributed by atoms with Gasteiger partial charge in [-0.25, -0.2) is 0 Å². The molecule has 10 nitrogen and oxygen atoms in total. The van der Waals surface area contributed by atoms with E-state index in [0.717, 1.165) is 25.9 Å². The monoisotopic (exact) mass is 415 g/mol. The number of nitrogens with zero attached hydrogens (tertiary/aromatic N) is 4. The number of benzene rings is 1.